The normalized spacial score (nSPS) is 17.5. The minimum atomic E-state index is -0.163. The van der Waals surface area contributed by atoms with Crippen molar-refractivity contribution in [2.75, 3.05) is 13.1 Å². The number of nitrogens with one attached hydrogen (secondary N) is 1. The van der Waals surface area contributed by atoms with Gasteiger partial charge in [-0.15, -0.1) is 0 Å². The highest BCUT2D eigenvalue weighted by atomic mass is 35.5. The maximum absolute atomic E-state index is 12.6. The third-order valence-electron chi connectivity index (χ3n) is 4.78. The van der Waals surface area contributed by atoms with Crippen molar-refractivity contribution in [3.05, 3.63) is 77.1 Å². The number of amides is 1. The van der Waals surface area contributed by atoms with Crippen LogP contribution >= 0.6 is 11.6 Å². The number of hydrogen-bond donors (Lipinski definition) is 1. The zero-order chi connectivity index (χ0) is 17.9. The largest absolute Gasteiger partial charge is 0.347 e. The van der Waals surface area contributed by atoms with Gasteiger partial charge in [0.05, 0.1) is 0 Å². The molecule has 0 saturated carbocycles. The summed E-state index contributed by atoms with van der Waals surface area (Å²) in [6, 6.07) is 20.0. The summed E-state index contributed by atoms with van der Waals surface area (Å²) in [5.74, 6) is -0.163. The highest BCUT2D eigenvalue weighted by Crippen LogP contribution is 2.22. The van der Waals surface area contributed by atoms with Crippen LogP contribution in [0, 0.1) is 0 Å². The molecule has 0 spiro atoms. The van der Waals surface area contributed by atoms with Gasteiger partial charge >= 0.3 is 0 Å². The average molecular weight is 366 g/mol. The van der Waals surface area contributed by atoms with Crippen LogP contribution in [-0.4, -0.2) is 34.9 Å². The number of pyridine rings is 1. The summed E-state index contributed by atoms with van der Waals surface area (Å²) in [4.78, 5) is 19.2. The van der Waals surface area contributed by atoms with Gasteiger partial charge in [0.2, 0.25) is 0 Å². The third-order valence-corrected chi connectivity index (χ3v) is 5.07. The molecule has 1 N–H and O–H groups in total. The van der Waals surface area contributed by atoms with E-state index in [1.807, 2.05) is 30.3 Å². The SMILES string of the molecule is O=C(NC1CCN(Cc2ccccc2)C1)c1cc2ccccc2c(Cl)n1. The van der Waals surface area contributed by atoms with Crippen LogP contribution in [0.1, 0.15) is 22.5 Å². The number of rotatable bonds is 4. The first-order chi connectivity index (χ1) is 12.7. The van der Waals surface area contributed by atoms with E-state index in [1.165, 1.54) is 5.56 Å². The Morgan fingerprint density at radius 2 is 1.92 bits per heavy atom. The summed E-state index contributed by atoms with van der Waals surface area (Å²) in [6.07, 6.45) is 0.944. The number of halogens is 1. The van der Waals surface area contributed by atoms with Crippen LogP contribution in [0.15, 0.2) is 60.7 Å². The first kappa shape index (κ1) is 17.0. The van der Waals surface area contributed by atoms with Gasteiger partial charge < -0.3 is 5.32 Å². The van der Waals surface area contributed by atoms with Crippen LogP contribution < -0.4 is 5.32 Å². The van der Waals surface area contributed by atoms with Gasteiger partial charge in [-0.25, -0.2) is 4.98 Å². The number of fused-ring (bicyclic) bond motifs is 1. The Kier molecular flexibility index (Phi) is 4.87. The molecule has 1 aliphatic rings. The van der Waals surface area contributed by atoms with Gasteiger partial charge in [-0.3, -0.25) is 9.69 Å². The van der Waals surface area contributed by atoms with E-state index in [0.717, 1.165) is 36.8 Å². The summed E-state index contributed by atoms with van der Waals surface area (Å²) >= 11 is 6.24. The molecule has 2 heterocycles. The van der Waals surface area contributed by atoms with Gasteiger partial charge in [0.1, 0.15) is 10.8 Å². The second-order valence-electron chi connectivity index (χ2n) is 6.70. The summed E-state index contributed by atoms with van der Waals surface area (Å²) in [5.41, 5.74) is 1.66. The van der Waals surface area contributed by atoms with Gasteiger partial charge in [0.25, 0.3) is 5.91 Å². The monoisotopic (exact) mass is 365 g/mol. The van der Waals surface area contributed by atoms with Crippen LogP contribution in [0.4, 0.5) is 0 Å². The maximum atomic E-state index is 12.6. The predicted molar refractivity (Wildman–Crippen MR) is 104 cm³/mol. The Hall–Kier alpha value is -2.43. The highest BCUT2D eigenvalue weighted by molar-refractivity contribution is 6.34. The zero-order valence-electron chi connectivity index (χ0n) is 14.4. The summed E-state index contributed by atoms with van der Waals surface area (Å²) in [7, 11) is 0. The van der Waals surface area contributed by atoms with E-state index >= 15 is 0 Å². The number of likely N-dealkylation sites (tertiary alicyclic amines) is 1. The zero-order valence-corrected chi connectivity index (χ0v) is 15.1. The lowest BCUT2D eigenvalue weighted by Gasteiger charge is -2.17. The fourth-order valence-corrected chi connectivity index (χ4v) is 3.73. The molecular formula is C21H20ClN3O. The van der Waals surface area contributed by atoms with E-state index in [1.54, 1.807) is 6.07 Å². The summed E-state index contributed by atoms with van der Waals surface area (Å²) < 4.78 is 0. The first-order valence-electron chi connectivity index (χ1n) is 8.81. The molecule has 0 radical (unpaired) electrons. The second-order valence-corrected chi connectivity index (χ2v) is 7.06. The predicted octanol–water partition coefficient (Wildman–Crippen LogP) is 3.89. The van der Waals surface area contributed by atoms with E-state index in [4.69, 9.17) is 11.6 Å². The van der Waals surface area contributed by atoms with Gasteiger partial charge in [-0.1, -0.05) is 66.2 Å². The van der Waals surface area contributed by atoms with Gasteiger partial charge in [-0.2, -0.15) is 0 Å². The number of benzene rings is 2. The number of hydrogen-bond acceptors (Lipinski definition) is 3. The smallest absolute Gasteiger partial charge is 0.270 e. The molecule has 1 saturated heterocycles. The Bertz CT molecular complexity index is 929. The summed E-state index contributed by atoms with van der Waals surface area (Å²) in [5, 5.41) is 5.25. The standard InChI is InChI=1S/C21H20ClN3O/c22-20-18-9-5-4-8-16(18)12-19(24-20)21(26)23-17-10-11-25(14-17)13-15-6-2-1-3-7-15/h1-9,12,17H,10-11,13-14H2,(H,23,26). The van der Waals surface area contributed by atoms with Gasteiger partial charge in [-0.05, 0) is 23.4 Å². The van der Waals surface area contributed by atoms with Crippen molar-refractivity contribution in [2.24, 2.45) is 0 Å². The van der Waals surface area contributed by atoms with Crippen LogP contribution in [0.5, 0.6) is 0 Å². The number of carbonyl (C=O) groups is 1. The molecule has 4 rings (SSSR count). The van der Waals surface area contributed by atoms with E-state index in [-0.39, 0.29) is 11.9 Å². The van der Waals surface area contributed by atoms with Crippen LogP contribution in [0.25, 0.3) is 10.8 Å². The molecule has 1 amide bonds. The fraction of sp³-hybridized carbons (Fsp3) is 0.238. The molecule has 0 bridgehead atoms. The lowest BCUT2D eigenvalue weighted by molar-refractivity contribution is 0.0933. The molecule has 1 fully saturated rings. The molecule has 1 atom stereocenters. The lowest BCUT2D eigenvalue weighted by atomic mass is 10.1. The fourth-order valence-electron chi connectivity index (χ4n) is 3.47. The molecule has 1 unspecified atom stereocenters. The number of nitrogens with zero attached hydrogens (tertiary/aromatic N) is 2. The molecule has 0 aliphatic carbocycles. The number of aromatic nitrogens is 1. The maximum Gasteiger partial charge on any atom is 0.270 e. The Balaban J connectivity index is 1.41. The van der Waals surface area contributed by atoms with Crippen LogP contribution in [0.2, 0.25) is 5.15 Å². The molecule has 1 aliphatic heterocycles. The van der Waals surface area contributed by atoms with E-state index in [0.29, 0.717) is 10.8 Å². The number of carbonyl (C=O) groups excluding carboxylic acids is 1. The quantitative estimate of drug-likeness (QED) is 0.713. The summed E-state index contributed by atoms with van der Waals surface area (Å²) in [6.45, 7) is 2.74. The molecule has 3 aromatic rings. The van der Waals surface area contributed by atoms with Crippen molar-refractivity contribution >= 4 is 28.3 Å². The molecule has 26 heavy (non-hydrogen) atoms. The topological polar surface area (TPSA) is 45.2 Å². The van der Waals surface area contributed by atoms with Crippen LogP contribution in [0.3, 0.4) is 0 Å². The minimum absolute atomic E-state index is 0.137. The molecule has 1 aromatic heterocycles. The Labute approximate surface area is 157 Å². The molecular weight excluding hydrogens is 346 g/mol. The van der Waals surface area contributed by atoms with Crippen molar-refractivity contribution in [3.63, 3.8) is 0 Å². The molecule has 4 nitrogen and oxygen atoms in total. The van der Waals surface area contributed by atoms with Crippen LogP contribution in [-0.2, 0) is 6.54 Å². The lowest BCUT2D eigenvalue weighted by Crippen LogP contribution is -2.37. The van der Waals surface area contributed by atoms with Crippen molar-refractivity contribution in [1.82, 2.24) is 15.2 Å². The Morgan fingerprint density at radius 1 is 1.15 bits per heavy atom. The highest BCUT2D eigenvalue weighted by Gasteiger charge is 2.24. The average Bonchev–Trinajstić information content (AvgIpc) is 3.09. The first-order valence-corrected chi connectivity index (χ1v) is 9.19. The van der Waals surface area contributed by atoms with Gasteiger partial charge in [0, 0.05) is 31.1 Å². The van der Waals surface area contributed by atoms with Crippen molar-refractivity contribution in [2.45, 2.75) is 19.0 Å². The molecule has 5 heteroatoms. The molecule has 2 aromatic carbocycles. The van der Waals surface area contributed by atoms with Crippen molar-refractivity contribution in [3.8, 4) is 0 Å². The van der Waals surface area contributed by atoms with Crippen molar-refractivity contribution in [1.29, 1.82) is 0 Å². The molecule has 132 valence electrons. The van der Waals surface area contributed by atoms with Crippen molar-refractivity contribution < 1.29 is 4.79 Å². The van der Waals surface area contributed by atoms with E-state index in [9.17, 15) is 4.79 Å². The van der Waals surface area contributed by atoms with E-state index < -0.39 is 0 Å². The van der Waals surface area contributed by atoms with E-state index in [2.05, 4.69) is 39.5 Å². The second kappa shape index (κ2) is 7.44. The van der Waals surface area contributed by atoms with Gasteiger partial charge in [0.15, 0.2) is 0 Å². The minimum Gasteiger partial charge on any atom is -0.347 e. The Morgan fingerprint density at radius 3 is 2.77 bits per heavy atom. The third kappa shape index (κ3) is 3.71.